The quantitative estimate of drug-likeness (QED) is 0.823. The number of para-hydroxylation sites is 1. The van der Waals surface area contributed by atoms with Crippen LogP contribution in [0.15, 0.2) is 36.5 Å². The number of carbonyl (C=O) groups is 1. The van der Waals surface area contributed by atoms with Crippen molar-refractivity contribution in [1.29, 1.82) is 0 Å². The van der Waals surface area contributed by atoms with Gasteiger partial charge in [0.1, 0.15) is 6.04 Å². The van der Waals surface area contributed by atoms with Gasteiger partial charge >= 0.3 is 0 Å². The zero-order chi connectivity index (χ0) is 18.3. The third-order valence-corrected chi connectivity index (χ3v) is 8.02. The van der Waals surface area contributed by atoms with E-state index in [2.05, 4.69) is 0 Å². The number of carbonyl (C=O) groups excluding carboxylic acids is 1. The standard InChI is InChI=1S/C19H25N3O3S/c1-15(22-13-8-16-6-2-3-7-18(16)22)19(23)20-12-9-17(14-20)26(24,25)21-10-4-5-11-21/h2-3,6-8,13,15,17H,4-5,9-12,14H2,1H3. The van der Waals surface area contributed by atoms with Crippen molar-refractivity contribution in [1.82, 2.24) is 13.8 Å². The third kappa shape index (κ3) is 2.93. The number of fused-ring (bicyclic) bond motifs is 1. The molecule has 2 unspecified atom stereocenters. The van der Waals surface area contributed by atoms with Crippen LogP contribution >= 0.6 is 0 Å². The number of nitrogens with zero attached hydrogens (tertiary/aromatic N) is 3. The van der Waals surface area contributed by atoms with Gasteiger partial charge in [-0.05, 0) is 43.7 Å². The Labute approximate surface area is 154 Å². The maximum atomic E-state index is 13.0. The van der Waals surface area contributed by atoms with Crippen molar-refractivity contribution in [3.8, 4) is 0 Å². The molecule has 7 heteroatoms. The van der Waals surface area contributed by atoms with Crippen LogP contribution in [0.1, 0.15) is 32.2 Å². The van der Waals surface area contributed by atoms with Crippen LogP contribution < -0.4 is 0 Å². The van der Waals surface area contributed by atoms with E-state index in [-0.39, 0.29) is 11.9 Å². The molecule has 140 valence electrons. The molecule has 3 heterocycles. The molecular weight excluding hydrogens is 350 g/mol. The van der Waals surface area contributed by atoms with Crippen LogP contribution in [-0.4, -0.2) is 59.5 Å². The van der Waals surface area contributed by atoms with Crippen molar-refractivity contribution in [2.75, 3.05) is 26.2 Å². The van der Waals surface area contributed by atoms with E-state index >= 15 is 0 Å². The Bertz CT molecular complexity index is 915. The van der Waals surface area contributed by atoms with Gasteiger partial charge in [-0.2, -0.15) is 0 Å². The average Bonchev–Trinajstić information content (AvgIpc) is 3.40. The Morgan fingerprint density at radius 1 is 1.12 bits per heavy atom. The van der Waals surface area contributed by atoms with Crippen molar-refractivity contribution in [2.45, 2.75) is 37.5 Å². The second-order valence-corrected chi connectivity index (χ2v) is 9.52. The molecule has 6 nitrogen and oxygen atoms in total. The molecule has 0 aliphatic carbocycles. The van der Waals surface area contributed by atoms with E-state index in [1.165, 1.54) is 0 Å². The fourth-order valence-electron chi connectivity index (χ4n) is 4.15. The van der Waals surface area contributed by atoms with Crippen molar-refractivity contribution >= 4 is 26.8 Å². The number of sulfonamides is 1. The highest BCUT2D eigenvalue weighted by Crippen LogP contribution is 2.27. The SMILES string of the molecule is CC(C(=O)N1CCC(S(=O)(=O)N2CCCC2)C1)n1ccc2ccccc21. The summed E-state index contributed by atoms with van der Waals surface area (Å²) in [6, 6.07) is 9.63. The summed E-state index contributed by atoms with van der Waals surface area (Å²) in [6.07, 6.45) is 4.34. The smallest absolute Gasteiger partial charge is 0.245 e. The number of hydrogen-bond donors (Lipinski definition) is 0. The summed E-state index contributed by atoms with van der Waals surface area (Å²) >= 11 is 0. The average molecular weight is 375 g/mol. The fourth-order valence-corrected chi connectivity index (χ4v) is 6.11. The molecule has 1 aromatic heterocycles. The minimum absolute atomic E-state index is 0.00882. The van der Waals surface area contributed by atoms with Gasteiger partial charge < -0.3 is 9.47 Å². The number of likely N-dealkylation sites (tertiary alicyclic amines) is 1. The van der Waals surface area contributed by atoms with E-state index < -0.39 is 15.3 Å². The highest BCUT2D eigenvalue weighted by molar-refractivity contribution is 7.89. The number of aromatic nitrogens is 1. The normalized spacial score (nSPS) is 23.0. The van der Waals surface area contributed by atoms with Gasteiger partial charge in [-0.3, -0.25) is 4.79 Å². The monoisotopic (exact) mass is 375 g/mol. The second-order valence-electron chi connectivity index (χ2n) is 7.30. The lowest BCUT2D eigenvalue weighted by Crippen LogP contribution is -2.40. The molecule has 0 bridgehead atoms. The van der Waals surface area contributed by atoms with E-state index in [4.69, 9.17) is 0 Å². The number of amides is 1. The molecule has 2 aliphatic rings. The van der Waals surface area contributed by atoms with Crippen molar-refractivity contribution in [3.63, 3.8) is 0 Å². The molecule has 2 atom stereocenters. The molecule has 1 aromatic carbocycles. The summed E-state index contributed by atoms with van der Waals surface area (Å²) in [6.45, 7) is 3.95. The predicted molar refractivity (Wildman–Crippen MR) is 101 cm³/mol. The Hall–Kier alpha value is -1.86. The summed E-state index contributed by atoms with van der Waals surface area (Å²) in [4.78, 5) is 14.7. The second kappa shape index (κ2) is 6.70. The van der Waals surface area contributed by atoms with Crippen LogP contribution in [0.3, 0.4) is 0 Å². The topological polar surface area (TPSA) is 62.6 Å². The summed E-state index contributed by atoms with van der Waals surface area (Å²) in [5, 5.41) is 0.640. The lowest BCUT2D eigenvalue weighted by molar-refractivity contribution is -0.133. The Kier molecular flexibility index (Phi) is 4.52. The van der Waals surface area contributed by atoms with E-state index in [1.807, 2.05) is 48.0 Å². The van der Waals surface area contributed by atoms with Crippen LogP contribution in [0, 0.1) is 0 Å². The van der Waals surface area contributed by atoms with E-state index in [9.17, 15) is 13.2 Å². The van der Waals surface area contributed by atoms with Gasteiger partial charge in [-0.1, -0.05) is 18.2 Å². The van der Waals surface area contributed by atoms with Gasteiger partial charge in [0.05, 0.1) is 5.25 Å². The zero-order valence-corrected chi connectivity index (χ0v) is 15.9. The summed E-state index contributed by atoms with van der Waals surface area (Å²) < 4.78 is 29.1. The molecule has 2 saturated heterocycles. The van der Waals surface area contributed by atoms with Gasteiger partial charge in [-0.25, -0.2) is 12.7 Å². The first-order chi connectivity index (χ1) is 12.5. The van der Waals surface area contributed by atoms with E-state index in [1.54, 1.807) is 9.21 Å². The maximum Gasteiger partial charge on any atom is 0.245 e. The largest absolute Gasteiger partial charge is 0.340 e. The predicted octanol–water partition coefficient (Wildman–Crippen LogP) is 2.23. The first-order valence-corrected chi connectivity index (χ1v) is 10.8. The Balaban J connectivity index is 1.49. The first kappa shape index (κ1) is 17.5. The molecule has 4 rings (SSSR count). The van der Waals surface area contributed by atoms with Gasteiger partial charge in [0.2, 0.25) is 15.9 Å². The van der Waals surface area contributed by atoms with Gasteiger partial charge in [-0.15, -0.1) is 0 Å². The van der Waals surface area contributed by atoms with Crippen molar-refractivity contribution in [3.05, 3.63) is 36.5 Å². The van der Waals surface area contributed by atoms with Crippen LogP contribution in [0.4, 0.5) is 0 Å². The maximum absolute atomic E-state index is 13.0. The minimum atomic E-state index is -3.29. The van der Waals surface area contributed by atoms with Crippen molar-refractivity contribution in [2.24, 2.45) is 0 Å². The molecule has 2 aliphatic heterocycles. The first-order valence-electron chi connectivity index (χ1n) is 9.32. The molecule has 0 saturated carbocycles. The number of rotatable bonds is 4. The third-order valence-electron chi connectivity index (χ3n) is 5.71. The molecule has 0 spiro atoms. The Morgan fingerprint density at radius 3 is 2.62 bits per heavy atom. The van der Waals surface area contributed by atoms with Gasteiger partial charge in [0.15, 0.2) is 0 Å². The molecule has 0 radical (unpaired) electrons. The van der Waals surface area contributed by atoms with E-state index in [0.717, 1.165) is 23.7 Å². The van der Waals surface area contributed by atoms with E-state index in [0.29, 0.717) is 32.6 Å². The molecule has 26 heavy (non-hydrogen) atoms. The molecule has 2 aromatic rings. The highest BCUT2D eigenvalue weighted by Gasteiger charge is 2.40. The molecule has 0 N–H and O–H groups in total. The molecule has 1 amide bonds. The summed E-state index contributed by atoms with van der Waals surface area (Å²) in [5.74, 6) is -0.00882. The lowest BCUT2D eigenvalue weighted by atomic mass is 10.2. The van der Waals surface area contributed by atoms with Crippen LogP contribution in [-0.2, 0) is 14.8 Å². The van der Waals surface area contributed by atoms with Crippen molar-refractivity contribution < 1.29 is 13.2 Å². The molecule has 2 fully saturated rings. The zero-order valence-electron chi connectivity index (χ0n) is 15.0. The lowest BCUT2D eigenvalue weighted by Gasteiger charge is -2.24. The van der Waals surface area contributed by atoms with Gasteiger partial charge in [0.25, 0.3) is 0 Å². The van der Waals surface area contributed by atoms with Crippen LogP contribution in [0.25, 0.3) is 10.9 Å². The van der Waals surface area contributed by atoms with Crippen LogP contribution in [0.2, 0.25) is 0 Å². The Morgan fingerprint density at radius 2 is 1.85 bits per heavy atom. The fraction of sp³-hybridized carbons (Fsp3) is 0.526. The number of benzene rings is 1. The minimum Gasteiger partial charge on any atom is -0.340 e. The number of hydrogen-bond acceptors (Lipinski definition) is 3. The summed E-state index contributed by atoms with van der Waals surface area (Å²) in [7, 11) is -3.29. The van der Waals surface area contributed by atoms with Crippen LogP contribution in [0.5, 0.6) is 0 Å². The summed E-state index contributed by atoms with van der Waals surface area (Å²) in [5.41, 5.74) is 1.02. The highest BCUT2D eigenvalue weighted by atomic mass is 32.2. The molecular formula is C19H25N3O3S. The van der Waals surface area contributed by atoms with Gasteiger partial charge in [0, 0.05) is 37.9 Å².